The van der Waals surface area contributed by atoms with Crippen LogP contribution in [-0.4, -0.2) is 18.5 Å². The van der Waals surface area contributed by atoms with Gasteiger partial charge in [-0.05, 0) is 30.7 Å². The highest BCUT2D eigenvalue weighted by Gasteiger charge is 2.16. The van der Waals surface area contributed by atoms with Crippen LogP contribution in [0.4, 0.5) is 5.69 Å². The van der Waals surface area contributed by atoms with Gasteiger partial charge in [0.1, 0.15) is 4.88 Å². The van der Waals surface area contributed by atoms with Crippen molar-refractivity contribution in [1.82, 2.24) is 0 Å². The summed E-state index contributed by atoms with van der Waals surface area (Å²) in [4.78, 5) is 24.8. The van der Waals surface area contributed by atoms with Crippen LogP contribution in [-0.2, 0) is 9.53 Å². The molecule has 2 heterocycles. The Kier molecular flexibility index (Phi) is 4.44. The molecule has 6 heteroatoms. The first-order valence-corrected chi connectivity index (χ1v) is 9.69. The molecule has 0 spiro atoms. The van der Waals surface area contributed by atoms with E-state index in [1.165, 1.54) is 16.0 Å². The van der Waals surface area contributed by atoms with Gasteiger partial charge in [0.15, 0.2) is 6.61 Å². The van der Waals surface area contributed by atoms with Crippen LogP contribution in [0, 0.1) is 6.92 Å². The number of esters is 1. The van der Waals surface area contributed by atoms with E-state index in [-0.39, 0.29) is 12.5 Å². The summed E-state index contributed by atoms with van der Waals surface area (Å²) in [5, 5.41) is 3.90. The maximum Gasteiger partial charge on any atom is 0.348 e. The highest BCUT2D eigenvalue weighted by molar-refractivity contribution is 7.33. The van der Waals surface area contributed by atoms with Crippen molar-refractivity contribution in [2.45, 2.75) is 6.92 Å². The predicted octanol–water partition coefficient (Wildman–Crippen LogP) is 5.22. The van der Waals surface area contributed by atoms with Crippen molar-refractivity contribution in [3.8, 4) is 0 Å². The largest absolute Gasteiger partial charge is 0.451 e. The fourth-order valence-electron chi connectivity index (χ4n) is 2.70. The molecule has 0 saturated heterocycles. The molecule has 4 aromatic rings. The Morgan fingerprint density at radius 3 is 2.62 bits per heavy atom. The number of benzene rings is 2. The molecule has 0 bridgehead atoms. The third kappa shape index (κ3) is 3.21. The molecule has 130 valence electrons. The Labute approximate surface area is 158 Å². The van der Waals surface area contributed by atoms with Gasteiger partial charge in [0.25, 0.3) is 5.91 Å². The number of ether oxygens (including phenoxy) is 1. The highest BCUT2D eigenvalue weighted by Crippen LogP contribution is 2.39. The summed E-state index contributed by atoms with van der Waals surface area (Å²) < 4.78 is 8.52. The summed E-state index contributed by atoms with van der Waals surface area (Å²) in [6.45, 7) is 1.60. The first-order chi connectivity index (χ1) is 12.6. The summed E-state index contributed by atoms with van der Waals surface area (Å²) in [6.07, 6.45) is 0. The summed E-state index contributed by atoms with van der Waals surface area (Å²) in [5.74, 6) is -0.820. The lowest BCUT2D eigenvalue weighted by Crippen LogP contribution is -2.21. The number of para-hydroxylation sites is 1. The number of nitrogens with one attached hydrogen (secondary N) is 1. The van der Waals surface area contributed by atoms with Crippen molar-refractivity contribution in [2.24, 2.45) is 0 Å². The van der Waals surface area contributed by atoms with E-state index in [4.69, 9.17) is 4.74 Å². The van der Waals surface area contributed by atoms with Gasteiger partial charge in [-0.3, -0.25) is 4.79 Å². The van der Waals surface area contributed by atoms with Crippen molar-refractivity contribution < 1.29 is 14.3 Å². The second-order valence-corrected chi connectivity index (χ2v) is 7.98. The van der Waals surface area contributed by atoms with E-state index in [0.717, 1.165) is 26.0 Å². The lowest BCUT2D eigenvalue weighted by atomic mass is 10.2. The fourth-order valence-corrected chi connectivity index (χ4v) is 5.12. The minimum Gasteiger partial charge on any atom is -0.451 e. The number of rotatable bonds is 4. The van der Waals surface area contributed by atoms with Crippen molar-refractivity contribution in [1.29, 1.82) is 0 Å². The van der Waals surface area contributed by atoms with Crippen molar-refractivity contribution in [3.63, 3.8) is 0 Å². The van der Waals surface area contributed by atoms with E-state index in [1.54, 1.807) is 11.3 Å². The number of thiophene rings is 2. The number of hydrogen-bond acceptors (Lipinski definition) is 5. The van der Waals surface area contributed by atoms with Crippen LogP contribution < -0.4 is 5.32 Å². The van der Waals surface area contributed by atoms with Crippen LogP contribution in [0.15, 0.2) is 54.6 Å². The molecule has 0 atom stereocenters. The second-order valence-electron chi connectivity index (χ2n) is 5.84. The minimum atomic E-state index is -0.470. The molecule has 0 aliphatic carbocycles. The second kappa shape index (κ2) is 6.90. The van der Waals surface area contributed by atoms with Gasteiger partial charge < -0.3 is 10.1 Å². The molecule has 0 saturated carbocycles. The van der Waals surface area contributed by atoms with E-state index < -0.39 is 5.97 Å². The number of aryl methyl sites for hydroxylation is 1. The average Bonchev–Trinajstić information content (AvgIpc) is 3.19. The molecular weight excluding hydrogens is 366 g/mol. The SMILES string of the molecule is Cc1ccccc1NC(=O)COC(=O)c1cc2sc3ccccc3c2s1. The van der Waals surface area contributed by atoms with E-state index in [9.17, 15) is 9.59 Å². The van der Waals surface area contributed by atoms with Gasteiger partial charge in [0, 0.05) is 20.5 Å². The van der Waals surface area contributed by atoms with Gasteiger partial charge in [-0.1, -0.05) is 36.4 Å². The van der Waals surface area contributed by atoms with Crippen molar-refractivity contribution in [3.05, 3.63) is 65.0 Å². The van der Waals surface area contributed by atoms with Gasteiger partial charge in [0.2, 0.25) is 0 Å². The number of amides is 1. The fraction of sp³-hybridized carbons (Fsp3) is 0.100. The van der Waals surface area contributed by atoms with Gasteiger partial charge in [0.05, 0.1) is 4.70 Å². The first-order valence-electron chi connectivity index (χ1n) is 8.05. The quantitative estimate of drug-likeness (QED) is 0.493. The summed E-state index contributed by atoms with van der Waals surface area (Å²) in [6, 6.07) is 17.4. The number of carbonyl (C=O) groups excluding carboxylic acids is 2. The molecule has 0 radical (unpaired) electrons. The molecule has 0 aliphatic rings. The normalized spacial score (nSPS) is 11.0. The molecule has 0 aliphatic heterocycles. The van der Waals surface area contributed by atoms with Gasteiger partial charge in [-0.25, -0.2) is 4.79 Å². The maximum absolute atomic E-state index is 12.3. The molecule has 26 heavy (non-hydrogen) atoms. The van der Waals surface area contributed by atoms with Crippen LogP contribution in [0.25, 0.3) is 19.5 Å². The Morgan fingerprint density at radius 2 is 1.77 bits per heavy atom. The van der Waals surface area contributed by atoms with Crippen LogP contribution in [0.1, 0.15) is 15.2 Å². The van der Waals surface area contributed by atoms with Gasteiger partial charge >= 0.3 is 5.97 Å². The molecular formula is C20H15NO3S2. The number of fused-ring (bicyclic) bond motifs is 3. The Morgan fingerprint density at radius 1 is 1.00 bits per heavy atom. The van der Waals surface area contributed by atoms with E-state index in [1.807, 2.05) is 49.4 Å². The highest BCUT2D eigenvalue weighted by atomic mass is 32.1. The number of anilines is 1. The average molecular weight is 381 g/mol. The minimum absolute atomic E-state index is 0.306. The summed E-state index contributed by atoms with van der Waals surface area (Å²) in [5.41, 5.74) is 1.68. The standard InChI is InChI=1S/C20H15NO3S2/c1-12-6-2-4-8-14(12)21-18(22)11-24-20(23)17-10-16-19(26-17)13-7-3-5-9-15(13)25-16/h2-10H,11H2,1H3,(H,21,22). The molecule has 0 fully saturated rings. The van der Waals surface area contributed by atoms with Crippen molar-refractivity contribution in [2.75, 3.05) is 11.9 Å². The Hall–Kier alpha value is -2.70. The molecule has 4 rings (SSSR count). The molecule has 1 amide bonds. The third-order valence-corrected chi connectivity index (χ3v) is 6.40. The van der Waals surface area contributed by atoms with Crippen LogP contribution in [0.5, 0.6) is 0 Å². The topological polar surface area (TPSA) is 55.4 Å². The lowest BCUT2D eigenvalue weighted by molar-refractivity contribution is -0.119. The van der Waals surface area contributed by atoms with E-state index in [0.29, 0.717) is 4.88 Å². The zero-order valence-corrected chi connectivity index (χ0v) is 15.6. The molecule has 1 N–H and O–H groups in total. The molecule has 2 aromatic heterocycles. The van der Waals surface area contributed by atoms with Gasteiger partial charge in [-0.15, -0.1) is 22.7 Å². The zero-order valence-electron chi connectivity index (χ0n) is 13.9. The van der Waals surface area contributed by atoms with Gasteiger partial charge in [-0.2, -0.15) is 0 Å². The molecule has 0 unspecified atom stereocenters. The van der Waals surface area contributed by atoms with E-state index in [2.05, 4.69) is 17.4 Å². The Balaban J connectivity index is 1.44. The number of hydrogen-bond donors (Lipinski definition) is 1. The molecule has 4 nitrogen and oxygen atoms in total. The zero-order chi connectivity index (χ0) is 18.1. The van der Waals surface area contributed by atoms with Crippen LogP contribution in [0.3, 0.4) is 0 Å². The third-order valence-electron chi connectivity index (χ3n) is 4.00. The molecule has 2 aromatic carbocycles. The van der Waals surface area contributed by atoms with Crippen molar-refractivity contribution >= 4 is 59.7 Å². The predicted molar refractivity (Wildman–Crippen MR) is 107 cm³/mol. The maximum atomic E-state index is 12.3. The summed E-state index contributed by atoms with van der Waals surface area (Å²) in [7, 11) is 0. The van der Waals surface area contributed by atoms with Crippen LogP contribution >= 0.6 is 22.7 Å². The van der Waals surface area contributed by atoms with Crippen LogP contribution in [0.2, 0.25) is 0 Å². The first kappa shape index (κ1) is 16.8. The number of carbonyl (C=O) groups is 2. The lowest BCUT2D eigenvalue weighted by Gasteiger charge is -2.08. The monoisotopic (exact) mass is 381 g/mol. The summed E-state index contributed by atoms with van der Waals surface area (Å²) >= 11 is 3.05. The Bertz CT molecular complexity index is 1130. The smallest absolute Gasteiger partial charge is 0.348 e. The van der Waals surface area contributed by atoms with E-state index >= 15 is 0 Å².